The van der Waals surface area contributed by atoms with Crippen molar-refractivity contribution >= 4 is 5.97 Å². The van der Waals surface area contributed by atoms with Crippen LogP contribution in [-0.2, 0) is 9.53 Å². The molecule has 0 atom stereocenters. The Morgan fingerprint density at radius 2 is 2.08 bits per heavy atom. The molecule has 0 unspecified atom stereocenters. The van der Waals surface area contributed by atoms with Gasteiger partial charge in [-0.15, -0.1) is 0 Å². The number of carbonyl (C=O) groups excluding carboxylic acids is 1. The van der Waals surface area contributed by atoms with Crippen molar-refractivity contribution in [1.29, 1.82) is 0 Å². The maximum Gasteiger partial charge on any atom is 0.335 e. The van der Waals surface area contributed by atoms with Crippen LogP contribution in [0, 0.1) is 0 Å². The van der Waals surface area contributed by atoms with E-state index in [1.807, 2.05) is 19.0 Å². The summed E-state index contributed by atoms with van der Waals surface area (Å²) in [5, 5.41) is 0. The first-order valence-corrected chi connectivity index (χ1v) is 4.60. The van der Waals surface area contributed by atoms with Gasteiger partial charge in [-0.2, -0.15) is 0 Å². The molecule has 3 nitrogen and oxygen atoms in total. The Balaban J connectivity index is 3.83. The van der Waals surface area contributed by atoms with Gasteiger partial charge in [-0.25, -0.2) is 4.79 Å². The first-order chi connectivity index (χ1) is 6.07. The third-order valence-corrected chi connectivity index (χ3v) is 1.50. The molecule has 76 valence electrons. The molecule has 0 radical (unpaired) electrons. The zero-order chi connectivity index (χ0) is 10.3. The Morgan fingerprint density at radius 1 is 1.46 bits per heavy atom. The number of nitrogens with zero attached hydrogens (tertiary/aromatic N) is 1. The van der Waals surface area contributed by atoms with Crippen molar-refractivity contribution in [3.63, 3.8) is 0 Å². The van der Waals surface area contributed by atoms with Crippen LogP contribution in [0.1, 0.15) is 26.7 Å². The number of hydrogen-bond donors (Lipinski definition) is 0. The van der Waals surface area contributed by atoms with Crippen LogP contribution in [0.4, 0.5) is 0 Å². The summed E-state index contributed by atoms with van der Waals surface area (Å²) in [6.07, 6.45) is 3.74. The van der Waals surface area contributed by atoms with Gasteiger partial charge in [0.15, 0.2) is 0 Å². The fourth-order valence-electron chi connectivity index (χ4n) is 0.863. The minimum atomic E-state index is -0.220. The summed E-state index contributed by atoms with van der Waals surface area (Å²) < 4.78 is 5.01. The maximum absolute atomic E-state index is 11.2. The molecular weight excluding hydrogens is 166 g/mol. The quantitative estimate of drug-likeness (QED) is 0.371. The number of ether oxygens (including phenoxy) is 1. The van der Waals surface area contributed by atoms with Crippen molar-refractivity contribution < 1.29 is 9.53 Å². The second-order valence-corrected chi connectivity index (χ2v) is 3.27. The van der Waals surface area contributed by atoms with E-state index in [-0.39, 0.29) is 5.97 Å². The summed E-state index contributed by atoms with van der Waals surface area (Å²) in [5.41, 5.74) is 0.640. The van der Waals surface area contributed by atoms with E-state index in [1.54, 1.807) is 13.1 Å². The highest BCUT2D eigenvalue weighted by molar-refractivity contribution is 5.87. The molecule has 0 rings (SSSR count). The second-order valence-electron chi connectivity index (χ2n) is 3.27. The lowest BCUT2D eigenvalue weighted by Crippen LogP contribution is -2.11. The monoisotopic (exact) mass is 185 g/mol. The van der Waals surface area contributed by atoms with E-state index in [0.717, 1.165) is 12.8 Å². The predicted octanol–water partition coefficient (Wildman–Crippen LogP) is 1.80. The molecule has 0 aromatic carbocycles. The molecule has 0 aromatic rings. The Morgan fingerprint density at radius 3 is 2.54 bits per heavy atom. The fraction of sp³-hybridized carbons (Fsp3) is 0.700. The molecule has 0 fully saturated rings. The van der Waals surface area contributed by atoms with Gasteiger partial charge in [0, 0.05) is 25.9 Å². The SMILES string of the molecule is CCCCOC(=O)/C(C)=C/N(C)C. The standard InChI is InChI=1S/C10H19NO2/c1-5-6-7-13-10(12)9(2)8-11(3)4/h8H,5-7H2,1-4H3/b9-8+. The van der Waals surface area contributed by atoms with Crippen LogP contribution in [0.15, 0.2) is 11.8 Å². The number of rotatable bonds is 5. The lowest BCUT2D eigenvalue weighted by atomic mass is 10.3. The third kappa shape index (κ3) is 6.20. The molecule has 3 heteroatoms. The normalized spacial score (nSPS) is 11.2. The summed E-state index contributed by atoms with van der Waals surface area (Å²) >= 11 is 0. The largest absolute Gasteiger partial charge is 0.462 e. The summed E-state index contributed by atoms with van der Waals surface area (Å²) in [4.78, 5) is 13.1. The average molecular weight is 185 g/mol. The van der Waals surface area contributed by atoms with E-state index in [4.69, 9.17) is 4.74 Å². The molecule has 0 saturated heterocycles. The van der Waals surface area contributed by atoms with Crippen molar-refractivity contribution in [2.24, 2.45) is 0 Å². The lowest BCUT2D eigenvalue weighted by molar-refractivity contribution is -0.139. The fourth-order valence-corrected chi connectivity index (χ4v) is 0.863. The minimum absolute atomic E-state index is 0.220. The molecule has 0 amide bonds. The predicted molar refractivity (Wildman–Crippen MR) is 53.3 cm³/mol. The van der Waals surface area contributed by atoms with Crippen molar-refractivity contribution in [3.05, 3.63) is 11.8 Å². The van der Waals surface area contributed by atoms with Gasteiger partial charge >= 0.3 is 5.97 Å². The average Bonchev–Trinajstić information content (AvgIpc) is 2.03. The molecule has 0 aliphatic carbocycles. The van der Waals surface area contributed by atoms with Crippen molar-refractivity contribution in [2.75, 3.05) is 20.7 Å². The molecule has 0 aromatic heterocycles. The summed E-state index contributed by atoms with van der Waals surface area (Å²) in [6.45, 7) is 4.35. The van der Waals surface area contributed by atoms with Crippen LogP contribution < -0.4 is 0 Å². The van der Waals surface area contributed by atoms with Crippen LogP contribution in [0.25, 0.3) is 0 Å². The van der Waals surface area contributed by atoms with Gasteiger partial charge in [0.2, 0.25) is 0 Å². The zero-order valence-corrected chi connectivity index (χ0v) is 8.96. The van der Waals surface area contributed by atoms with E-state index in [2.05, 4.69) is 6.92 Å². The maximum atomic E-state index is 11.2. The molecule has 0 aliphatic heterocycles. The third-order valence-electron chi connectivity index (χ3n) is 1.50. The van der Waals surface area contributed by atoms with E-state index < -0.39 is 0 Å². The van der Waals surface area contributed by atoms with Crippen molar-refractivity contribution in [3.8, 4) is 0 Å². The first kappa shape index (κ1) is 12.0. The van der Waals surface area contributed by atoms with E-state index >= 15 is 0 Å². The van der Waals surface area contributed by atoms with Gasteiger partial charge in [0.1, 0.15) is 0 Å². The summed E-state index contributed by atoms with van der Waals surface area (Å²) in [5.74, 6) is -0.220. The van der Waals surface area contributed by atoms with Crippen molar-refractivity contribution in [2.45, 2.75) is 26.7 Å². The molecule has 0 heterocycles. The van der Waals surface area contributed by atoms with Crippen LogP contribution >= 0.6 is 0 Å². The Labute approximate surface area is 80.4 Å². The molecule has 0 bridgehead atoms. The van der Waals surface area contributed by atoms with Crippen LogP contribution in [0.2, 0.25) is 0 Å². The van der Waals surface area contributed by atoms with Gasteiger partial charge in [-0.3, -0.25) is 0 Å². The van der Waals surface area contributed by atoms with Crippen LogP contribution in [0.5, 0.6) is 0 Å². The number of hydrogen-bond acceptors (Lipinski definition) is 3. The van der Waals surface area contributed by atoms with Gasteiger partial charge in [-0.05, 0) is 13.3 Å². The van der Waals surface area contributed by atoms with Gasteiger partial charge in [0.25, 0.3) is 0 Å². The van der Waals surface area contributed by atoms with E-state index in [9.17, 15) is 4.79 Å². The highest BCUT2D eigenvalue weighted by Gasteiger charge is 2.04. The van der Waals surface area contributed by atoms with Gasteiger partial charge in [0.05, 0.1) is 6.61 Å². The number of carbonyl (C=O) groups is 1. The zero-order valence-electron chi connectivity index (χ0n) is 8.96. The highest BCUT2D eigenvalue weighted by Crippen LogP contribution is 1.99. The van der Waals surface area contributed by atoms with E-state index in [0.29, 0.717) is 12.2 Å². The summed E-state index contributed by atoms with van der Waals surface area (Å²) in [7, 11) is 3.76. The molecular formula is C10H19NO2. The van der Waals surface area contributed by atoms with E-state index in [1.165, 1.54) is 0 Å². The first-order valence-electron chi connectivity index (χ1n) is 4.60. The van der Waals surface area contributed by atoms with Gasteiger partial charge < -0.3 is 9.64 Å². The lowest BCUT2D eigenvalue weighted by Gasteiger charge is -2.08. The van der Waals surface area contributed by atoms with Crippen molar-refractivity contribution in [1.82, 2.24) is 4.90 Å². The Bertz CT molecular complexity index is 185. The van der Waals surface area contributed by atoms with Gasteiger partial charge in [-0.1, -0.05) is 13.3 Å². The smallest absolute Gasteiger partial charge is 0.335 e. The highest BCUT2D eigenvalue weighted by atomic mass is 16.5. The topological polar surface area (TPSA) is 29.5 Å². The molecule has 0 saturated carbocycles. The van der Waals surface area contributed by atoms with Crippen LogP contribution in [0.3, 0.4) is 0 Å². The van der Waals surface area contributed by atoms with Crippen LogP contribution in [-0.4, -0.2) is 31.6 Å². The Hall–Kier alpha value is -0.990. The molecule has 0 spiro atoms. The molecule has 13 heavy (non-hydrogen) atoms. The minimum Gasteiger partial charge on any atom is -0.462 e. The second kappa shape index (κ2) is 6.52. The number of esters is 1. The Kier molecular flexibility index (Phi) is 6.02. The molecule has 0 N–H and O–H groups in total. The number of unbranched alkanes of at least 4 members (excludes halogenated alkanes) is 1. The summed E-state index contributed by atoms with van der Waals surface area (Å²) in [6, 6.07) is 0. The molecule has 0 aliphatic rings.